The minimum Gasteiger partial charge on any atom is -0.481 e. The van der Waals surface area contributed by atoms with Gasteiger partial charge in [0.1, 0.15) is 0 Å². The minimum atomic E-state index is -0.744. The lowest BCUT2D eigenvalue weighted by Crippen LogP contribution is -2.55. The maximum atomic E-state index is 12.6. The number of carbonyl (C=O) groups is 1. The predicted molar refractivity (Wildman–Crippen MR) is 141 cm³/mol. The van der Waals surface area contributed by atoms with Crippen LogP contribution >= 0.6 is 0 Å². The number of hydrogen-bond acceptors (Lipinski definition) is 3. The van der Waals surface area contributed by atoms with Crippen LogP contribution in [0, 0.1) is 45.3 Å². The number of carboxylic acids is 1. The van der Waals surface area contributed by atoms with Crippen LogP contribution in [0.4, 0.5) is 0 Å². The Labute approximate surface area is 212 Å². The SMILES string of the molecule is C=C(CC[C@@H](C(=O)O)[C@H]1C[C@H](O)[C@@]2(C)C3=CC[C@H]4C(C)(C)C(O)CC[C@]4(C)C3=CC[C@]12C)C(C)C. The first-order chi connectivity index (χ1) is 16.1. The van der Waals surface area contributed by atoms with Gasteiger partial charge in [-0.15, -0.1) is 0 Å². The molecule has 1 unspecified atom stereocenters. The Balaban J connectivity index is 1.73. The summed E-state index contributed by atoms with van der Waals surface area (Å²) in [5, 5.41) is 32.8. The molecule has 0 aromatic heterocycles. The average molecular weight is 485 g/mol. The first kappa shape index (κ1) is 26.7. The van der Waals surface area contributed by atoms with Crippen LogP contribution < -0.4 is 0 Å². The summed E-state index contributed by atoms with van der Waals surface area (Å²) < 4.78 is 0. The Morgan fingerprint density at radius 1 is 1.09 bits per heavy atom. The molecule has 35 heavy (non-hydrogen) atoms. The fourth-order valence-electron chi connectivity index (χ4n) is 8.81. The molecule has 0 heterocycles. The van der Waals surface area contributed by atoms with E-state index in [2.05, 4.69) is 67.2 Å². The van der Waals surface area contributed by atoms with Gasteiger partial charge in [-0.3, -0.25) is 4.79 Å². The molecule has 0 amide bonds. The van der Waals surface area contributed by atoms with Crippen molar-refractivity contribution in [2.24, 2.45) is 45.3 Å². The van der Waals surface area contributed by atoms with Crippen LogP contribution in [0.5, 0.6) is 0 Å². The fraction of sp³-hybridized carbons (Fsp3) is 0.774. The highest BCUT2D eigenvalue weighted by atomic mass is 16.4. The van der Waals surface area contributed by atoms with Crippen LogP contribution in [0.15, 0.2) is 35.5 Å². The smallest absolute Gasteiger partial charge is 0.306 e. The van der Waals surface area contributed by atoms with Crippen LogP contribution in [0.2, 0.25) is 0 Å². The summed E-state index contributed by atoms with van der Waals surface area (Å²) in [4.78, 5) is 12.6. The van der Waals surface area contributed by atoms with E-state index in [1.165, 1.54) is 11.1 Å². The highest BCUT2D eigenvalue weighted by Gasteiger charge is 2.67. The van der Waals surface area contributed by atoms with Gasteiger partial charge in [-0.2, -0.15) is 0 Å². The molecular formula is C31H48O4. The van der Waals surface area contributed by atoms with Crippen LogP contribution in [-0.4, -0.2) is 33.5 Å². The number of allylic oxidation sites excluding steroid dienone is 4. The summed E-state index contributed by atoms with van der Waals surface area (Å²) in [5.41, 5.74) is 2.72. The van der Waals surface area contributed by atoms with Gasteiger partial charge >= 0.3 is 5.97 Å². The van der Waals surface area contributed by atoms with E-state index < -0.39 is 23.4 Å². The summed E-state index contributed by atoms with van der Waals surface area (Å²) in [6, 6.07) is 0. The number of hydrogen-bond donors (Lipinski definition) is 3. The van der Waals surface area contributed by atoms with E-state index in [0.717, 1.165) is 37.7 Å². The van der Waals surface area contributed by atoms with Crippen molar-refractivity contribution in [2.75, 3.05) is 0 Å². The molecular weight excluding hydrogens is 436 g/mol. The largest absolute Gasteiger partial charge is 0.481 e. The van der Waals surface area contributed by atoms with E-state index in [1.54, 1.807) is 0 Å². The zero-order valence-corrected chi connectivity index (χ0v) is 23.0. The monoisotopic (exact) mass is 484 g/mol. The van der Waals surface area contributed by atoms with Gasteiger partial charge in [-0.1, -0.05) is 72.8 Å². The number of aliphatic hydroxyl groups is 2. The van der Waals surface area contributed by atoms with Crippen LogP contribution in [0.25, 0.3) is 0 Å². The molecule has 0 radical (unpaired) electrons. The lowest BCUT2D eigenvalue weighted by atomic mass is 9.44. The van der Waals surface area contributed by atoms with E-state index >= 15 is 0 Å². The maximum Gasteiger partial charge on any atom is 0.306 e. The summed E-state index contributed by atoms with van der Waals surface area (Å²) >= 11 is 0. The summed E-state index contributed by atoms with van der Waals surface area (Å²) in [6.45, 7) is 19.6. The Morgan fingerprint density at radius 3 is 2.34 bits per heavy atom. The molecule has 4 nitrogen and oxygen atoms in total. The van der Waals surface area contributed by atoms with Crippen molar-refractivity contribution in [1.82, 2.24) is 0 Å². The van der Waals surface area contributed by atoms with Gasteiger partial charge < -0.3 is 15.3 Å². The molecule has 2 fully saturated rings. The molecule has 4 aliphatic rings. The molecule has 196 valence electrons. The fourth-order valence-corrected chi connectivity index (χ4v) is 8.81. The number of carboxylic acid groups (broad SMARTS) is 1. The summed E-state index contributed by atoms with van der Waals surface area (Å²) in [6.07, 6.45) is 9.14. The molecule has 2 saturated carbocycles. The van der Waals surface area contributed by atoms with Crippen molar-refractivity contribution >= 4 is 5.97 Å². The third-order valence-electron chi connectivity index (χ3n) is 11.8. The number of aliphatic hydroxyl groups excluding tert-OH is 2. The zero-order valence-electron chi connectivity index (χ0n) is 23.0. The molecule has 4 heteroatoms. The van der Waals surface area contributed by atoms with Crippen molar-refractivity contribution in [1.29, 1.82) is 0 Å². The molecule has 0 bridgehead atoms. The van der Waals surface area contributed by atoms with E-state index in [4.69, 9.17) is 0 Å². The molecule has 0 aromatic rings. The normalized spacial score (nSPS) is 42.9. The molecule has 4 rings (SSSR count). The van der Waals surface area contributed by atoms with E-state index in [-0.39, 0.29) is 28.3 Å². The van der Waals surface area contributed by atoms with E-state index in [1.807, 2.05) is 0 Å². The molecule has 0 spiro atoms. The van der Waals surface area contributed by atoms with Gasteiger partial charge in [-0.25, -0.2) is 0 Å². The van der Waals surface area contributed by atoms with E-state index in [9.17, 15) is 20.1 Å². The second kappa shape index (κ2) is 8.58. The highest BCUT2D eigenvalue weighted by Crippen LogP contribution is 2.71. The standard InChI is InChI=1S/C31H48O4/c1-18(2)19(3)9-10-20(27(34)35)23-17-26(33)31(8)22-11-12-24-28(4,5)25(32)14-15-29(24,6)21(22)13-16-30(23,31)7/h11,13,18,20,23-26,32-33H,3,9-10,12,14-17H2,1-2,4-8H3,(H,34,35)/t20-,23-,24+,25?,26+,29-,30-,31-/m1/s1. The molecule has 0 aliphatic heterocycles. The second-order valence-electron chi connectivity index (χ2n) is 13.8. The Morgan fingerprint density at radius 2 is 1.74 bits per heavy atom. The average Bonchev–Trinajstić information content (AvgIpc) is 2.98. The van der Waals surface area contributed by atoms with Crippen molar-refractivity contribution in [2.45, 2.75) is 106 Å². The van der Waals surface area contributed by atoms with Gasteiger partial charge in [0, 0.05) is 5.41 Å². The molecule has 0 saturated heterocycles. The highest BCUT2D eigenvalue weighted by molar-refractivity contribution is 5.71. The third kappa shape index (κ3) is 3.64. The second-order valence-corrected chi connectivity index (χ2v) is 13.8. The van der Waals surface area contributed by atoms with E-state index in [0.29, 0.717) is 24.7 Å². The first-order valence-electron chi connectivity index (χ1n) is 13.8. The van der Waals surface area contributed by atoms with Gasteiger partial charge in [-0.05, 0) is 90.1 Å². The molecule has 0 aromatic carbocycles. The van der Waals surface area contributed by atoms with Gasteiger partial charge in [0.25, 0.3) is 0 Å². The van der Waals surface area contributed by atoms with Crippen molar-refractivity contribution in [3.05, 3.63) is 35.5 Å². The van der Waals surface area contributed by atoms with Crippen LogP contribution in [-0.2, 0) is 4.79 Å². The van der Waals surface area contributed by atoms with Crippen LogP contribution in [0.3, 0.4) is 0 Å². The van der Waals surface area contributed by atoms with Crippen molar-refractivity contribution in [3.63, 3.8) is 0 Å². The lowest BCUT2D eigenvalue weighted by Gasteiger charge is -2.61. The molecule has 4 aliphatic carbocycles. The molecule has 3 N–H and O–H groups in total. The van der Waals surface area contributed by atoms with Crippen molar-refractivity contribution in [3.8, 4) is 0 Å². The predicted octanol–water partition coefficient (Wildman–Crippen LogP) is 6.54. The van der Waals surface area contributed by atoms with Crippen LogP contribution in [0.1, 0.15) is 93.4 Å². The zero-order chi connectivity index (χ0) is 26.1. The Hall–Kier alpha value is -1.39. The maximum absolute atomic E-state index is 12.6. The topological polar surface area (TPSA) is 77.8 Å². The van der Waals surface area contributed by atoms with Crippen molar-refractivity contribution < 1.29 is 20.1 Å². The Kier molecular flexibility index (Phi) is 6.54. The first-order valence-corrected chi connectivity index (χ1v) is 13.8. The quantitative estimate of drug-likeness (QED) is 0.374. The van der Waals surface area contributed by atoms with Gasteiger partial charge in [0.15, 0.2) is 0 Å². The number of aliphatic carboxylic acids is 1. The number of fused-ring (bicyclic) bond motifs is 5. The summed E-state index contributed by atoms with van der Waals surface area (Å²) in [5.74, 6) is -0.623. The third-order valence-corrected chi connectivity index (χ3v) is 11.8. The molecule has 8 atom stereocenters. The van der Waals surface area contributed by atoms with Gasteiger partial charge in [0.2, 0.25) is 0 Å². The number of rotatable bonds is 6. The minimum absolute atomic E-state index is 0.0316. The Bertz CT molecular complexity index is 957. The summed E-state index contributed by atoms with van der Waals surface area (Å²) in [7, 11) is 0. The lowest BCUT2D eigenvalue weighted by molar-refractivity contribution is -0.146. The van der Waals surface area contributed by atoms with Gasteiger partial charge in [0.05, 0.1) is 18.1 Å².